The molecule has 0 rings (SSSR count). The van der Waals surface area contributed by atoms with E-state index in [2.05, 4.69) is 0 Å². The Hall–Kier alpha value is -3.18. The Labute approximate surface area is 185 Å². The molecule has 0 saturated carbocycles. The largest absolute Gasteiger partial charge is 0.462 e. The molecule has 0 radical (unpaired) electrons. The van der Waals surface area contributed by atoms with Gasteiger partial charge >= 0.3 is 35.8 Å². The number of hydrogen-bond acceptors (Lipinski definition) is 12. The summed E-state index contributed by atoms with van der Waals surface area (Å²) in [6.45, 7) is 3.72. The van der Waals surface area contributed by atoms with Crippen LogP contribution in [0.15, 0.2) is 0 Å². The van der Waals surface area contributed by atoms with Crippen LogP contribution in [-0.4, -0.2) is 74.5 Å². The molecular weight excluding hydrogens is 432 g/mol. The number of unbranched alkanes of at least 4 members (excludes halogenated alkanes) is 1. The predicted octanol–water partition coefficient (Wildman–Crippen LogP) is 0.623. The minimum absolute atomic E-state index is 0.0335. The predicted molar refractivity (Wildman–Crippen MR) is 105 cm³/mol. The van der Waals surface area contributed by atoms with Crippen LogP contribution in [-0.2, 0) is 57.2 Å². The summed E-state index contributed by atoms with van der Waals surface area (Å²) >= 11 is 0. The van der Waals surface area contributed by atoms with Gasteiger partial charge in [-0.15, -0.1) is 0 Å². The van der Waals surface area contributed by atoms with Crippen molar-refractivity contribution >= 4 is 35.8 Å². The van der Waals surface area contributed by atoms with Gasteiger partial charge in [-0.1, -0.05) is 0 Å². The van der Waals surface area contributed by atoms with E-state index in [1.165, 1.54) is 27.7 Å². The van der Waals surface area contributed by atoms with Gasteiger partial charge in [-0.3, -0.25) is 28.8 Å². The smallest absolute Gasteiger partial charge is 0.306 e. The van der Waals surface area contributed by atoms with Crippen molar-refractivity contribution in [3.05, 3.63) is 0 Å². The summed E-state index contributed by atoms with van der Waals surface area (Å²) in [6, 6.07) is 0. The Kier molecular flexibility index (Phi) is 14.9. The molecule has 0 amide bonds. The third kappa shape index (κ3) is 17.7. The first-order chi connectivity index (χ1) is 15.0. The third-order valence-corrected chi connectivity index (χ3v) is 3.50. The summed E-state index contributed by atoms with van der Waals surface area (Å²) in [5.41, 5.74) is 0. The molecule has 0 bridgehead atoms. The molecule has 0 aromatic heterocycles. The number of esters is 6. The van der Waals surface area contributed by atoms with E-state index >= 15 is 0 Å². The van der Waals surface area contributed by atoms with Crippen LogP contribution in [0.5, 0.6) is 0 Å². The molecule has 32 heavy (non-hydrogen) atoms. The van der Waals surface area contributed by atoms with Crippen molar-refractivity contribution < 1.29 is 57.2 Å². The summed E-state index contributed by atoms with van der Waals surface area (Å²) < 4.78 is 29.3. The SMILES string of the molecule is CC(=O)OCC(COC(C)=O)OC(=O)CCCCC(=O)OC(COC(C)=O)COC(C)=O. The van der Waals surface area contributed by atoms with Crippen molar-refractivity contribution in [3.8, 4) is 0 Å². The summed E-state index contributed by atoms with van der Waals surface area (Å²) in [6.07, 6.45) is -1.37. The highest BCUT2D eigenvalue weighted by atomic mass is 16.6. The Morgan fingerprint density at radius 1 is 0.500 bits per heavy atom. The molecule has 12 nitrogen and oxygen atoms in total. The molecule has 0 saturated heterocycles. The Balaban J connectivity index is 4.34. The summed E-state index contributed by atoms with van der Waals surface area (Å²) in [5.74, 6) is -3.54. The van der Waals surface area contributed by atoms with Gasteiger partial charge in [-0.05, 0) is 12.8 Å². The topological polar surface area (TPSA) is 158 Å². The molecule has 0 unspecified atom stereocenters. The van der Waals surface area contributed by atoms with E-state index in [1.807, 2.05) is 0 Å². The zero-order valence-electron chi connectivity index (χ0n) is 18.7. The lowest BCUT2D eigenvalue weighted by Gasteiger charge is -2.18. The zero-order valence-corrected chi connectivity index (χ0v) is 18.7. The summed E-state index contributed by atoms with van der Waals surface area (Å²) in [5, 5.41) is 0. The van der Waals surface area contributed by atoms with E-state index in [0.29, 0.717) is 12.8 Å². The van der Waals surface area contributed by atoms with Crippen molar-refractivity contribution in [2.45, 2.75) is 65.6 Å². The Morgan fingerprint density at radius 3 is 0.969 bits per heavy atom. The highest BCUT2D eigenvalue weighted by molar-refractivity contribution is 5.71. The molecular formula is C20H30O12. The molecule has 0 N–H and O–H groups in total. The third-order valence-electron chi connectivity index (χ3n) is 3.50. The fourth-order valence-electron chi connectivity index (χ4n) is 2.10. The zero-order chi connectivity index (χ0) is 24.5. The average molecular weight is 462 g/mol. The van der Waals surface area contributed by atoms with Crippen LogP contribution in [0, 0.1) is 0 Å². The lowest BCUT2D eigenvalue weighted by atomic mass is 10.2. The molecule has 0 aliphatic rings. The van der Waals surface area contributed by atoms with Crippen molar-refractivity contribution in [2.75, 3.05) is 26.4 Å². The van der Waals surface area contributed by atoms with E-state index in [1.54, 1.807) is 0 Å². The highest BCUT2D eigenvalue weighted by Gasteiger charge is 2.19. The Bertz CT molecular complexity index is 565. The van der Waals surface area contributed by atoms with E-state index in [0.717, 1.165) is 0 Å². The maximum absolute atomic E-state index is 11.9. The average Bonchev–Trinajstić information content (AvgIpc) is 2.68. The molecule has 0 fully saturated rings. The first-order valence-electron chi connectivity index (χ1n) is 9.92. The minimum Gasteiger partial charge on any atom is -0.462 e. The monoisotopic (exact) mass is 462 g/mol. The Morgan fingerprint density at radius 2 is 0.750 bits per heavy atom. The van der Waals surface area contributed by atoms with E-state index in [-0.39, 0.29) is 39.3 Å². The van der Waals surface area contributed by atoms with Crippen LogP contribution < -0.4 is 0 Å². The van der Waals surface area contributed by atoms with Crippen molar-refractivity contribution in [1.29, 1.82) is 0 Å². The summed E-state index contributed by atoms with van der Waals surface area (Å²) in [4.78, 5) is 67.5. The number of rotatable bonds is 15. The molecule has 0 aliphatic heterocycles. The highest BCUT2D eigenvalue weighted by Crippen LogP contribution is 2.07. The van der Waals surface area contributed by atoms with E-state index in [4.69, 9.17) is 28.4 Å². The maximum Gasteiger partial charge on any atom is 0.306 e. The molecule has 0 aliphatic carbocycles. The molecule has 0 spiro atoms. The second-order valence-corrected chi connectivity index (χ2v) is 6.64. The second-order valence-electron chi connectivity index (χ2n) is 6.64. The second kappa shape index (κ2) is 16.5. The van der Waals surface area contributed by atoms with Gasteiger partial charge < -0.3 is 28.4 Å². The van der Waals surface area contributed by atoms with Gasteiger partial charge in [-0.2, -0.15) is 0 Å². The van der Waals surface area contributed by atoms with Gasteiger partial charge in [0.15, 0.2) is 12.2 Å². The molecule has 0 aromatic carbocycles. The number of hydrogen-bond donors (Lipinski definition) is 0. The van der Waals surface area contributed by atoms with E-state index < -0.39 is 48.0 Å². The van der Waals surface area contributed by atoms with Crippen molar-refractivity contribution in [3.63, 3.8) is 0 Å². The van der Waals surface area contributed by atoms with Gasteiger partial charge in [-0.25, -0.2) is 0 Å². The first-order valence-corrected chi connectivity index (χ1v) is 9.92. The molecule has 12 heteroatoms. The summed E-state index contributed by atoms with van der Waals surface area (Å²) in [7, 11) is 0. The van der Waals surface area contributed by atoms with Gasteiger partial charge in [0, 0.05) is 40.5 Å². The first kappa shape index (κ1) is 28.8. The van der Waals surface area contributed by atoms with E-state index in [9.17, 15) is 28.8 Å². The van der Waals surface area contributed by atoms with Crippen LogP contribution in [0.1, 0.15) is 53.4 Å². The van der Waals surface area contributed by atoms with Crippen LogP contribution in [0.25, 0.3) is 0 Å². The van der Waals surface area contributed by atoms with Crippen LogP contribution >= 0.6 is 0 Å². The molecule has 0 atom stereocenters. The fraction of sp³-hybridized carbons (Fsp3) is 0.700. The normalized spacial score (nSPS) is 10.3. The van der Waals surface area contributed by atoms with Crippen LogP contribution in [0.4, 0.5) is 0 Å². The minimum atomic E-state index is -0.941. The lowest BCUT2D eigenvalue weighted by Crippen LogP contribution is -2.30. The number of carbonyl (C=O) groups is 6. The molecule has 182 valence electrons. The standard InChI is InChI=1S/C20H30O12/c1-13(21)27-9-17(10-28-14(2)22)31-19(25)7-5-6-8-20(26)32-18(11-29-15(3)23)12-30-16(4)24/h17-18H,5-12H2,1-4H3. The quantitative estimate of drug-likeness (QED) is 0.190. The van der Waals surface area contributed by atoms with Gasteiger partial charge in [0.2, 0.25) is 0 Å². The lowest BCUT2D eigenvalue weighted by molar-refractivity contribution is -0.166. The maximum atomic E-state index is 11.9. The van der Waals surface area contributed by atoms with Crippen molar-refractivity contribution in [2.24, 2.45) is 0 Å². The van der Waals surface area contributed by atoms with Gasteiger partial charge in [0.1, 0.15) is 26.4 Å². The number of carbonyl (C=O) groups excluding carboxylic acids is 6. The van der Waals surface area contributed by atoms with Crippen molar-refractivity contribution in [1.82, 2.24) is 0 Å². The van der Waals surface area contributed by atoms with Gasteiger partial charge in [0.05, 0.1) is 0 Å². The fourth-order valence-corrected chi connectivity index (χ4v) is 2.10. The van der Waals surface area contributed by atoms with Crippen LogP contribution in [0.2, 0.25) is 0 Å². The molecule has 0 aromatic rings. The molecule has 0 heterocycles. The van der Waals surface area contributed by atoms with Gasteiger partial charge in [0.25, 0.3) is 0 Å². The number of ether oxygens (including phenoxy) is 6. The van der Waals surface area contributed by atoms with Crippen LogP contribution in [0.3, 0.4) is 0 Å².